The molecule has 66 valence electrons. The van der Waals surface area contributed by atoms with Crippen LogP contribution >= 0.6 is 0 Å². The van der Waals surface area contributed by atoms with Crippen molar-refractivity contribution < 1.29 is 9.90 Å². The lowest BCUT2D eigenvalue weighted by Gasteiger charge is -2.02. The highest BCUT2D eigenvalue weighted by Gasteiger charge is 1.94. The van der Waals surface area contributed by atoms with Gasteiger partial charge in [-0.25, -0.2) is 0 Å². The molecule has 0 aromatic heterocycles. The Morgan fingerprint density at radius 2 is 2.18 bits per heavy atom. The zero-order valence-electron chi connectivity index (χ0n) is 6.62. The number of carbonyl (C=O) groups is 1. The standard InChI is InChI=1S/C7H16N2O2/c8-7(11)4-2-1-3-5-9-6-10/h6-7,11H,1-5,8H2,(H,9,10). The molecule has 0 aromatic rings. The second-order valence-electron chi connectivity index (χ2n) is 2.49. The molecule has 4 N–H and O–H groups in total. The molecule has 0 saturated carbocycles. The molecule has 4 nitrogen and oxygen atoms in total. The Labute approximate surface area is 66.8 Å². The fraction of sp³-hybridized carbons (Fsp3) is 0.857. The summed E-state index contributed by atoms with van der Waals surface area (Å²) in [5, 5.41) is 11.2. The summed E-state index contributed by atoms with van der Waals surface area (Å²) >= 11 is 0. The Kier molecular flexibility index (Phi) is 7.08. The van der Waals surface area contributed by atoms with Crippen molar-refractivity contribution in [2.24, 2.45) is 5.73 Å². The fourth-order valence-corrected chi connectivity index (χ4v) is 0.816. The van der Waals surface area contributed by atoms with Crippen LogP contribution in [0.2, 0.25) is 0 Å². The number of amides is 1. The highest BCUT2D eigenvalue weighted by molar-refractivity contribution is 5.45. The highest BCUT2D eigenvalue weighted by atomic mass is 16.3. The van der Waals surface area contributed by atoms with Gasteiger partial charge in [0.25, 0.3) is 0 Å². The van der Waals surface area contributed by atoms with Crippen LogP contribution in [0.5, 0.6) is 0 Å². The minimum atomic E-state index is -0.686. The largest absolute Gasteiger partial charge is 0.379 e. The molecule has 0 aliphatic rings. The van der Waals surface area contributed by atoms with Gasteiger partial charge in [-0.2, -0.15) is 0 Å². The van der Waals surface area contributed by atoms with Gasteiger partial charge < -0.3 is 16.2 Å². The fourth-order valence-electron chi connectivity index (χ4n) is 0.816. The average Bonchev–Trinajstić information content (AvgIpc) is 1.96. The van der Waals surface area contributed by atoms with Crippen LogP contribution in [-0.4, -0.2) is 24.3 Å². The van der Waals surface area contributed by atoms with Gasteiger partial charge in [0.2, 0.25) is 6.41 Å². The maximum Gasteiger partial charge on any atom is 0.207 e. The number of hydrogen-bond donors (Lipinski definition) is 3. The van der Waals surface area contributed by atoms with Crippen LogP contribution in [0.25, 0.3) is 0 Å². The molecule has 0 bridgehead atoms. The average molecular weight is 160 g/mol. The Bertz CT molecular complexity index is 96.4. The molecule has 0 spiro atoms. The first kappa shape index (κ1) is 10.4. The summed E-state index contributed by atoms with van der Waals surface area (Å²) < 4.78 is 0. The van der Waals surface area contributed by atoms with Crippen LogP contribution < -0.4 is 11.1 Å². The van der Waals surface area contributed by atoms with Crippen molar-refractivity contribution >= 4 is 6.41 Å². The molecule has 0 heterocycles. The van der Waals surface area contributed by atoms with E-state index >= 15 is 0 Å². The molecule has 1 amide bonds. The number of unbranched alkanes of at least 4 members (excludes halogenated alkanes) is 2. The van der Waals surface area contributed by atoms with Crippen molar-refractivity contribution in [3.63, 3.8) is 0 Å². The van der Waals surface area contributed by atoms with Crippen molar-refractivity contribution in [2.75, 3.05) is 6.54 Å². The molecule has 0 aliphatic heterocycles. The summed E-state index contributed by atoms with van der Waals surface area (Å²) in [6.07, 6.45) is 3.51. The zero-order chi connectivity index (χ0) is 8.53. The summed E-state index contributed by atoms with van der Waals surface area (Å²) in [7, 11) is 0. The third kappa shape index (κ3) is 9.39. The first-order valence-corrected chi connectivity index (χ1v) is 3.88. The summed E-state index contributed by atoms with van der Waals surface area (Å²) in [4.78, 5) is 9.77. The Morgan fingerprint density at radius 3 is 2.73 bits per heavy atom. The maximum absolute atomic E-state index is 9.77. The van der Waals surface area contributed by atoms with Gasteiger partial charge in [0.15, 0.2) is 0 Å². The lowest BCUT2D eigenvalue weighted by Crippen LogP contribution is -2.18. The molecule has 0 aromatic carbocycles. The number of nitrogens with one attached hydrogen (secondary N) is 1. The first-order valence-electron chi connectivity index (χ1n) is 3.88. The van der Waals surface area contributed by atoms with Crippen LogP contribution in [0, 0.1) is 0 Å². The second kappa shape index (κ2) is 7.50. The van der Waals surface area contributed by atoms with Crippen LogP contribution in [0.15, 0.2) is 0 Å². The molecule has 0 fully saturated rings. The number of rotatable bonds is 7. The molecule has 0 rings (SSSR count). The zero-order valence-corrected chi connectivity index (χ0v) is 6.62. The van der Waals surface area contributed by atoms with Crippen LogP contribution in [-0.2, 0) is 4.79 Å². The van der Waals surface area contributed by atoms with Crippen molar-refractivity contribution in [1.29, 1.82) is 0 Å². The molecule has 1 unspecified atom stereocenters. The quantitative estimate of drug-likeness (QED) is 0.269. The van der Waals surface area contributed by atoms with Crippen LogP contribution in [0.4, 0.5) is 0 Å². The SMILES string of the molecule is NC(O)CCCCCNC=O. The van der Waals surface area contributed by atoms with E-state index in [0.717, 1.165) is 19.3 Å². The van der Waals surface area contributed by atoms with Crippen LogP contribution in [0.1, 0.15) is 25.7 Å². The molecular formula is C7H16N2O2. The summed E-state index contributed by atoms with van der Waals surface area (Å²) in [5.74, 6) is 0. The van der Waals surface area contributed by atoms with Crippen molar-refractivity contribution in [3.05, 3.63) is 0 Å². The van der Waals surface area contributed by atoms with E-state index in [2.05, 4.69) is 5.32 Å². The molecule has 0 aliphatic carbocycles. The van der Waals surface area contributed by atoms with E-state index < -0.39 is 6.23 Å². The van der Waals surface area contributed by atoms with Gasteiger partial charge in [-0.3, -0.25) is 4.79 Å². The minimum Gasteiger partial charge on any atom is -0.379 e. The van der Waals surface area contributed by atoms with Crippen molar-refractivity contribution in [1.82, 2.24) is 5.32 Å². The van der Waals surface area contributed by atoms with Gasteiger partial charge in [0.1, 0.15) is 6.23 Å². The van der Waals surface area contributed by atoms with Gasteiger partial charge in [-0.05, 0) is 19.3 Å². The highest BCUT2D eigenvalue weighted by Crippen LogP contribution is 1.99. The molecule has 0 saturated heterocycles. The van der Waals surface area contributed by atoms with Gasteiger partial charge in [-0.1, -0.05) is 6.42 Å². The van der Waals surface area contributed by atoms with E-state index in [1.54, 1.807) is 0 Å². The Hall–Kier alpha value is -0.610. The van der Waals surface area contributed by atoms with Crippen molar-refractivity contribution in [2.45, 2.75) is 31.9 Å². The van der Waals surface area contributed by atoms with Crippen LogP contribution in [0.3, 0.4) is 0 Å². The lowest BCUT2D eigenvalue weighted by atomic mass is 10.2. The molecule has 4 heteroatoms. The second-order valence-corrected chi connectivity index (χ2v) is 2.49. The molecule has 1 atom stereocenters. The summed E-state index contributed by atoms with van der Waals surface area (Å²) in [5.41, 5.74) is 5.12. The number of nitrogens with two attached hydrogens (primary N) is 1. The Balaban J connectivity index is 2.85. The van der Waals surface area contributed by atoms with E-state index in [9.17, 15) is 4.79 Å². The number of hydrogen-bond acceptors (Lipinski definition) is 3. The lowest BCUT2D eigenvalue weighted by molar-refractivity contribution is -0.109. The van der Waals surface area contributed by atoms with Gasteiger partial charge in [0, 0.05) is 6.54 Å². The van der Waals surface area contributed by atoms with E-state index in [4.69, 9.17) is 10.8 Å². The molecule has 0 radical (unpaired) electrons. The smallest absolute Gasteiger partial charge is 0.207 e. The number of aliphatic hydroxyl groups is 1. The summed E-state index contributed by atoms with van der Waals surface area (Å²) in [6.45, 7) is 0.712. The number of carbonyl (C=O) groups excluding carboxylic acids is 1. The van der Waals surface area contributed by atoms with Gasteiger partial charge >= 0.3 is 0 Å². The molecular weight excluding hydrogens is 144 g/mol. The minimum absolute atomic E-state index is 0.640. The molecule has 11 heavy (non-hydrogen) atoms. The monoisotopic (exact) mass is 160 g/mol. The predicted octanol–water partition coefficient (Wildman–Crippen LogP) is -0.430. The maximum atomic E-state index is 9.77. The van der Waals surface area contributed by atoms with E-state index in [-0.39, 0.29) is 0 Å². The summed E-state index contributed by atoms with van der Waals surface area (Å²) in [6, 6.07) is 0. The topological polar surface area (TPSA) is 75.3 Å². The van der Waals surface area contributed by atoms with Crippen molar-refractivity contribution in [3.8, 4) is 0 Å². The normalized spacial score (nSPS) is 12.5. The van der Waals surface area contributed by atoms with Gasteiger partial charge in [-0.15, -0.1) is 0 Å². The number of aliphatic hydroxyl groups excluding tert-OH is 1. The first-order chi connectivity index (χ1) is 5.27. The van der Waals surface area contributed by atoms with E-state index in [1.165, 1.54) is 0 Å². The van der Waals surface area contributed by atoms with Gasteiger partial charge in [0.05, 0.1) is 0 Å². The third-order valence-electron chi connectivity index (χ3n) is 1.40. The predicted molar refractivity (Wildman–Crippen MR) is 42.7 cm³/mol. The third-order valence-corrected chi connectivity index (χ3v) is 1.40. The van der Waals surface area contributed by atoms with E-state index in [0.29, 0.717) is 19.4 Å². The van der Waals surface area contributed by atoms with E-state index in [1.807, 2.05) is 0 Å². The Morgan fingerprint density at radius 1 is 1.45 bits per heavy atom.